The normalized spacial score (nSPS) is 16.2. The summed E-state index contributed by atoms with van der Waals surface area (Å²) in [6.45, 7) is 2.49. The van der Waals surface area contributed by atoms with Crippen LogP contribution >= 0.6 is 23.2 Å². The lowest BCUT2D eigenvalue weighted by atomic mass is 9.89. The number of methoxy groups -OCH3 is 1. The molecule has 0 bridgehead atoms. The van der Waals surface area contributed by atoms with E-state index in [9.17, 15) is 9.59 Å². The summed E-state index contributed by atoms with van der Waals surface area (Å²) in [6.07, 6.45) is 0.752. The van der Waals surface area contributed by atoms with Gasteiger partial charge in [-0.15, -0.1) is 0 Å². The Morgan fingerprint density at radius 2 is 1.81 bits per heavy atom. The third-order valence-corrected chi connectivity index (χ3v) is 5.56. The van der Waals surface area contributed by atoms with Gasteiger partial charge in [0.15, 0.2) is 0 Å². The Morgan fingerprint density at radius 1 is 1.15 bits per heavy atom. The van der Waals surface area contributed by atoms with Gasteiger partial charge in [0, 0.05) is 16.6 Å². The Morgan fingerprint density at radius 3 is 2.46 bits per heavy atom. The van der Waals surface area contributed by atoms with E-state index >= 15 is 0 Å². The standard InChI is InChI=1S/C20H19Cl2NO3/c1-12-13-5-3-6-15(20(25)26-2)14(13)9-10-23(12)19(24)11-16-17(21)7-4-8-18(16)22/h3-8,12H,9-11H2,1-2H3. The fourth-order valence-electron chi connectivity index (χ4n) is 3.46. The monoisotopic (exact) mass is 391 g/mol. The fraction of sp³-hybridized carbons (Fsp3) is 0.300. The smallest absolute Gasteiger partial charge is 0.338 e. The maximum absolute atomic E-state index is 12.9. The zero-order valence-electron chi connectivity index (χ0n) is 14.6. The van der Waals surface area contributed by atoms with E-state index in [1.807, 2.05) is 24.0 Å². The van der Waals surface area contributed by atoms with E-state index in [2.05, 4.69) is 0 Å². The van der Waals surface area contributed by atoms with E-state index in [1.165, 1.54) is 7.11 Å². The summed E-state index contributed by atoms with van der Waals surface area (Å²) >= 11 is 12.4. The molecular formula is C20H19Cl2NO3. The number of carbonyl (C=O) groups excluding carboxylic acids is 2. The maximum Gasteiger partial charge on any atom is 0.338 e. The molecule has 1 heterocycles. The molecule has 0 N–H and O–H groups in total. The molecule has 26 heavy (non-hydrogen) atoms. The molecule has 0 fully saturated rings. The molecule has 2 aromatic rings. The number of amides is 1. The molecule has 4 nitrogen and oxygen atoms in total. The number of hydrogen-bond acceptors (Lipinski definition) is 3. The SMILES string of the molecule is COC(=O)c1cccc2c1CCN(C(=O)Cc1c(Cl)cccc1Cl)C2C. The van der Waals surface area contributed by atoms with E-state index in [1.54, 1.807) is 24.3 Å². The van der Waals surface area contributed by atoms with Crippen LogP contribution in [0.3, 0.4) is 0 Å². The Kier molecular flexibility index (Phi) is 5.54. The van der Waals surface area contributed by atoms with E-state index in [4.69, 9.17) is 27.9 Å². The van der Waals surface area contributed by atoms with Crippen LogP contribution in [-0.4, -0.2) is 30.4 Å². The van der Waals surface area contributed by atoms with Gasteiger partial charge >= 0.3 is 5.97 Å². The minimum absolute atomic E-state index is 0.0402. The lowest BCUT2D eigenvalue weighted by Crippen LogP contribution is -2.40. The first kappa shape index (κ1) is 18.7. The van der Waals surface area contributed by atoms with Gasteiger partial charge in [-0.2, -0.15) is 0 Å². The van der Waals surface area contributed by atoms with Gasteiger partial charge in [-0.05, 0) is 48.2 Å². The molecule has 0 radical (unpaired) electrons. The quantitative estimate of drug-likeness (QED) is 0.725. The van der Waals surface area contributed by atoms with E-state index < -0.39 is 0 Å². The van der Waals surface area contributed by atoms with Gasteiger partial charge in [-0.3, -0.25) is 4.79 Å². The molecular weight excluding hydrogens is 373 g/mol. The van der Waals surface area contributed by atoms with Gasteiger partial charge < -0.3 is 9.64 Å². The highest BCUT2D eigenvalue weighted by Crippen LogP contribution is 2.33. The molecule has 1 aliphatic rings. The number of carbonyl (C=O) groups is 2. The minimum atomic E-state index is -0.350. The van der Waals surface area contributed by atoms with Crippen molar-refractivity contribution < 1.29 is 14.3 Å². The van der Waals surface area contributed by atoms with Crippen LogP contribution in [0.25, 0.3) is 0 Å². The molecule has 0 saturated heterocycles. The van der Waals surface area contributed by atoms with Crippen LogP contribution in [0, 0.1) is 0 Å². The number of esters is 1. The van der Waals surface area contributed by atoms with Gasteiger partial charge in [-0.25, -0.2) is 4.79 Å². The van der Waals surface area contributed by atoms with Crippen LogP contribution in [0.5, 0.6) is 0 Å². The highest BCUT2D eigenvalue weighted by atomic mass is 35.5. The lowest BCUT2D eigenvalue weighted by Gasteiger charge is -2.36. The van der Waals surface area contributed by atoms with Crippen molar-refractivity contribution in [3.05, 3.63) is 68.7 Å². The van der Waals surface area contributed by atoms with Crippen LogP contribution in [0.15, 0.2) is 36.4 Å². The number of rotatable bonds is 3. The average Bonchev–Trinajstić information content (AvgIpc) is 2.64. The molecule has 3 rings (SSSR count). The molecule has 0 aliphatic carbocycles. The molecule has 2 aromatic carbocycles. The number of benzene rings is 2. The predicted molar refractivity (Wildman–Crippen MR) is 102 cm³/mol. The van der Waals surface area contributed by atoms with Crippen molar-refractivity contribution in [2.24, 2.45) is 0 Å². The summed E-state index contributed by atoms with van der Waals surface area (Å²) in [6, 6.07) is 10.6. The summed E-state index contributed by atoms with van der Waals surface area (Å²) in [5.41, 5.74) is 3.13. The van der Waals surface area contributed by atoms with Crippen LogP contribution in [-0.2, 0) is 22.4 Å². The molecule has 1 aliphatic heterocycles. The van der Waals surface area contributed by atoms with Crippen molar-refractivity contribution in [1.82, 2.24) is 4.90 Å². The number of nitrogens with zero attached hydrogens (tertiary/aromatic N) is 1. The van der Waals surface area contributed by atoms with E-state index in [-0.39, 0.29) is 24.3 Å². The number of hydrogen-bond donors (Lipinski definition) is 0. The fourth-order valence-corrected chi connectivity index (χ4v) is 4.00. The zero-order valence-corrected chi connectivity index (χ0v) is 16.1. The van der Waals surface area contributed by atoms with Crippen molar-refractivity contribution in [3.8, 4) is 0 Å². The molecule has 136 valence electrons. The second kappa shape index (κ2) is 7.68. The Labute approximate surface area is 162 Å². The molecule has 0 spiro atoms. The number of halogens is 2. The van der Waals surface area contributed by atoms with E-state index in [0.717, 1.165) is 11.1 Å². The first-order chi connectivity index (χ1) is 12.4. The molecule has 1 amide bonds. The van der Waals surface area contributed by atoms with Crippen molar-refractivity contribution in [3.63, 3.8) is 0 Å². The Balaban J connectivity index is 1.86. The molecule has 6 heteroatoms. The summed E-state index contributed by atoms with van der Waals surface area (Å²) in [5.74, 6) is -0.390. The minimum Gasteiger partial charge on any atom is -0.465 e. The summed E-state index contributed by atoms with van der Waals surface area (Å²) in [4.78, 5) is 26.7. The van der Waals surface area contributed by atoms with Gasteiger partial charge in [0.1, 0.15) is 0 Å². The molecule has 1 atom stereocenters. The average molecular weight is 392 g/mol. The highest BCUT2D eigenvalue weighted by molar-refractivity contribution is 6.36. The van der Waals surface area contributed by atoms with Crippen LogP contribution < -0.4 is 0 Å². The number of ether oxygens (including phenoxy) is 1. The van der Waals surface area contributed by atoms with Crippen molar-refractivity contribution in [2.45, 2.75) is 25.8 Å². The number of fused-ring (bicyclic) bond motifs is 1. The van der Waals surface area contributed by atoms with Crippen LogP contribution in [0.2, 0.25) is 10.0 Å². The molecule has 1 unspecified atom stereocenters. The second-order valence-electron chi connectivity index (χ2n) is 6.26. The first-order valence-electron chi connectivity index (χ1n) is 8.36. The summed E-state index contributed by atoms with van der Waals surface area (Å²) in [5, 5.41) is 0.979. The lowest BCUT2D eigenvalue weighted by molar-refractivity contribution is -0.133. The third kappa shape index (κ3) is 3.44. The largest absolute Gasteiger partial charge is 0.465 e. The topological polar surface area (TPSA) is 46.6 Å². The van der Waals surface area contributed by atoms with Crippen molar-refractivity contribution in [2.75, 3.05) is 13.7 Å². The Hall–Kier alpha value is -2.04. The maximum atomic E-state index is 12.9. The van der Waals surface area contributed by atoms with Crippen molar-refractivity contribution in [1.29, 1.82) is 0 Å². The first-order valence-corrected chi connectivity index (χ1v) is 9.12. The van der Waals surface area contributed by atoms with Gasteiger partial charge in [0.2, 0.25) is 5.91 Å². The van der Waals surface area contributed by atoms with Gasteiger partial charge in [-0.1, -0.05) is 41.4 Å². The highest BCUT2D eigenvalue weighted by Gasteiger charge is 2.30. The summed E-state index contributed by atoms with van der Waals surface area (Å²) in [7, 11) is 1.37. The van der Waals surface area contributed by atoms with Gasteiger partial charge in [0.25, 0.3) is 0 Å². The van der Waals surface area contributed by atoms with Crippen LogP contribution in [0.4, 0.5) is 0 Å². The Bertz CT molecular complexity index is 846. The predicted octanol–water partition coefficient (Wildman–Crippen LogP) is 4.47. The zero-order chi connectivity index (χ0) is 18.8. The molecule has 0 saturated carbocycles. The van der Waals surface area contributed by atoms with Crippen LogP contribution in [0.1, 0.15) is 40.0 Å². The van der Waals surface area contributed by atoms with Crippen molar-refractivity contribution >= 4 is 35.1 Å². The summed E-state index contributed by atoms with van der Waals surface area (Å²) < 4.78 is 4.87. The van der Waals surface area contributed by atoms with Gasteiger partial charge in [0.05, 0.1) is 25.1 Å². The second-order valence-corrected chi connectivity index (χ2v) is 7.07. The molecule has 0 aromatic heterocycles. The van der Waals surface area contributed by atoms with E-state index in [0.29, 0.717) is 34.1 Å². The third-order valence-electron chi connectivity index (χ3n) is 4.85.